The highest BCUT2D eigenvalue weighted by molar-refractivity contribution is 6.39. The van der Waals surface area contributed by atoms with Gasteiger partial charge in [0.1, 0.15) is 0 Å². The first kappa shape index (κ1) is 17.4. The van der Waals surface area contributed by atoms with Crippen molar-refractivity contribution < 1.29 is 9.59 Å². The molecule has 2 amide bonds. The lowest BCUT2D eigenvalue weighted by atomic mass is 10.1. The second-order valence-corrected chi connectivity index (χ2v) is 5.46. The third kappa shape index (κ3) is 5.35. The molecule has 0 unspecified atom stereocenters. The van der Waals surface area contributed by atoms with E-state index in [1.165, 1.54) is 0 Å². The maximum Gasteiger partial charge on any atom is 0.329 e. The zero-order chi connectivity index (χ0) is 17.4. The average molecular weight is 323 g/mol. The Bertz CT molecular complexity index is 722. The summed E-state index contributed by atoms with van der Waals surface area (Å²) in [4.78, 5) is 23.7. The third-order valence-corrected chi connectivity index (χ3v) is 3.49. The summed E-state index contributed by atoms with van der Waals surface area (Å²) in [5.74, 6) is -1.52. The molecule has 0 heterocycles. The van der Waals surface area contributed by atoms with Gasteiger partial charge in [0.25, 0.3) is 0 Å². The number of amides is 2. The van der Waals surface area contributed by atoms with Crippen LogP contribution in [0.1, 0.15) is 24.5 Å². The normalized spacial score (nSPS) is 11.0. The second-order valence-electron chi connectivity index (χ2n) is 5.46. The fraction of sp³-hybridized carbons (Fsp3) is 0.211. The van der Waals surface area contributed by atoms with E-state index >= 15 is 0 Å². The molecule has 5 heteroatoms. The number of nitrogens with one attached hydrogen (secondary N) is 2. The zero-order valence-electron chi connectivity index (χ0n) is 13.9. The summed E-state index contributed by atoms with van der Waals surface area (Å²) in [6.07, 6.45) is 1.33. The van der Waals surface area contributed by atoms with Gasteiger partial charge in [-0.05, 0) is 31.0 Å². The van der Waals surface area contributed by atoms with Gasteiger partial charge in [0.15, 0.2) is 0 Å². The van der Waals surface area contributed by atoms with Crippen molar-refractivity contribution in [2.24, 2.45) is 5.10 Å². The molecule has 0 aliphatic carbocycles. The van der Waals surface area contributed by atoms with Crippen LogP contribution in [-0.2, 0) is 16.0 Å². The van der Waals surface area contributed by atoms with Crippen LogP contribution >= 0.6 is 0 Å². The van der Waals surface area contributed by atoms with Gasteiger partial charge in [0.05, 0.1) is 0 Å². The maximum absolute atomic E-state index is 11.9. The maximum atomic E-state index is 11.9. The highest BCUT2D eigenvalue weighted by Crippen LogP contribution is 2.08. The number of carbonyl (C=O) groups is 2. The molecule has 0 saturated heterocycles. The number of benzene rings is 2. The van der Waals surface area contributed by atoms with Crippen LogP contribution in [0.25, 0.3) is 0 Å². The fourth-order valence-electron chi connectivity index (χ4n) is 2.08. The Balaban J connectivity index is 1.92. The summed E-state index contributed by atoms with van der Waals surface area (Å²) >= 11 is 0. The lowest BCUT2D eigenvalue weighted by Gasteiger charge is -2.06. The SMILES string of the molecule is CC/C(Cc1ccccc1)=N/NC(=O)C(=O)Nc1ccc(C)cc1. The van der Waals surface area contributed by atoms with Gasteiger partial charge >= 0.3 is 11.8 Å². The van der Waals surface area contributed by atoms with Crippen molar-refractivity contribution in [2.45, 2.75) is 26.7 Å². The van der Waals surface area contributed by atoms with E-state index in [-0.39, 0.29) is 0 Å². The number of nitrogens with zero attached hydrogens (tertiary/aromatic N) is 1. The quantitative estimate of drug-likeness (QED) is 0.504. The third-order valence-electron chi connectivity index (χ3n) is 3.49. The van der Waals surface area contributed by atoms with Gasteiger partial charge in [-0.3, -0.25) is 9.59 Å². The molecular formula is C19H21N3O2. The van der Waals surface area contributed by atoms with E-state index in [4.69, 9.17) is 0 Å². The van der Waals surface area contributed by atoms with Crippen LogP contribution in [0.2, 0.25) is 0 Å². The number of carbonyl (C=O) groups excluding carboxylic acids is 2. The lowest BCUT2D eigenvalue weighted by Crippen LogP contribution is -2.33. The van der Waals surface area contributed by atoms with E-state index in [1.54, 1.807) is 12.1 Å². The Morgan fingerprint density at radius 2 is 1.62 bits per heavy atom. The van der Waals surface area contributed by atoms with Crippen molar-refractivity contribution in [3.05, 3.63) is 65.7 Å². The molecule has 0 atom stereocenters. The van der Waals surface area contributed by atoms with Crippen LogP contribution in [0.5, 0.6) is 0 Å². The van der Waals surface area contributed by atoms with Crippen molar-refractivity contribution in [2.75, 3.05) is 5.32 Å². The molecule has 2 aromatic carbocycles. The molecule has 0 saturated carbocycles. The summed E-state index contributed by atoms with van der Waals surface area (Å²) in [7, 11) is 0. The van der Waals surface area contributed by atoms with Crippen LogP contribution in [0.4, 0.5) is 5.69 Å². The summed E-state index contributed by atoms with van der Waals surface area (Å²) in [5.41, 5.74) is 5.89. The number of anilines is 1. The van der Waals surface area contributed by atoms with Crippen LogP contribution in [-0.4, -0.2) is 17.5 Å². The highest BCUT2D eigenvalue weighted by atomic mass is 16.2. The average Bonchev–Trinajstić information content (AvgIpc) is 2.61. The Morgan fingerprint density at radius 1 is 0.958 bits per heavy atom. The Morgan fingerprint density at radius 3 is 2.25 bits per heavy atom. The van der Waals surface area contributed by atoms with Gasteiger partial charge in [0, 0.05) is 17.8 Å². The minimum absolute atomic E-state index is 0.574. The van der Waals surface area contributed by atoms with E-state index in [9.17, 15) is 9.59 Å². The van der Waals surface area contributed by atoms with E-state index in [1.807, 2.05) is 56.3 Å². The molecular weight excluding hydrogens is 302 g/mol. The molecule has 124 valence electrons. The number of hydrogen-bond acceptors (Lipinski definition) is 3. The highest BCUT2D eigenvalue weighted by Gasteiger charge is 2.13. The Kier molecular flexibility index (Phi) is 6.25. The molecule has 5 nitrogen and oxygen atoms in total. The number of hydrogen-bond donors (Lipinski definition) is 2. The van der Waals surface area contributed by atoms with Crippen LogP contribution in [0.15, 0.2) is 59.7 Å². The van der Waals surface area contributed by atoms with Crippen LogP contribution in [0, 0.1) is 6.92 Å². The molecule has 0 radical (unpaired) electrons. The molecule has 0 aliphatic heterocycles. The molecule has 0 bridgehead atoms. The molecule has 0 spiro atoms. The first-order valence-corrected chi connectivity index (χ1v) is 7.86. The number of hydrazone groups is 1. The smallest absolute Gasteiger partial charge is 0.318 e. The predicted octanol–water partition coefficient (Wildman–Crippen LogP) is 3.06. The molecule has 0 fully saturated rings. The van der Waals surface area contributed by atoms with E-state index in [2.05, 4.69) is 15.8 Å². The monoisotopic (exact) mass is 323 g/mol. The Labute approximate surface area is 141 Å². The summed E-state index contributed by atoms with van der Waals surface area (Å²) in [5, 5.41) is 6.61. The van der Waals surface area contributed by atoms with Crippen LogP contribution in [0.3, 0.4) is 0 Å². The van der Waals surface area contributed by atoms with E-state index in [0.717, 1.165) is 16.8 Å². The van der Waals surface area contributed by atoms with Gasteiger partial charge < -0.3 is 5.32 Å². The van der Waals surface area contributed by atoms with Gasteiger partial charge in [-0.25, -0.2) is 5.43 Å². The summed E-state index contributed by atoms with van der Waals surface area (Å²) in [6.45, 7) is 3.91. The first-order valence-electron chi connectivity index (χ1n) is 7.86. The Hall–Kier alpha value is -2.95. The van der Waals surface area contributed by atoms with Gasteiger partial charge in [-0.15, -0.1) is 0 Å². The van der Waals surface area contributed by atoms with Gasteiger partial charge in [-0.1, -0.05) is 55.0 Å². The molecule has 2 aromatic rings. The van der Waals surface area contributed by atoms with Crippen molar-refractivity contribution in [3.8, 4) is 0 Å². The van der Waals surface area contributed by atoms with Gasteiger partial charge in [-0.2, -0.15) is 5.10 Å². The number of rotatable bonds is 5. The van der Waals surface area contributed by atoms with Crippen molar-refractivity contribution >= 4 is 23.2 Å². The molecule has 0 aromatic heterocycles. The van der Waals surface area contributed by atoms with Crippen molar-refractivity contribution in [3.63, 3.8) is 0 Å². The van der Waals surface area contributed by atoms with E-state index in [0.29, 0.717) is 18.5 Å². The topological polar surface area (TPSA) is 70.6 Å². The minimum Gasteiger partial charge on any atom is -0.318 e. The first-order chi connectivity index (χ1) is 11.6. The fourth-order valence-corrected chi connectivity index (χ4v) is 2.08. The van der Waals surface area contributed by atoms with Crippen molar-refractivity contribution in [1.29, 1.82) is 0 Å². The summed E-state index contributed by atoms with van der Waals surface area (Å²) < 4.78 is 0. The van der Waals surface area contributed by atoms with Crippen LogP contribution < -0.4 is 10.7 Å². The van der Waals surface area contributed by atoms with E-state index < -0.39 is 11.8 Å². The lowest BCUT2D eigenvalue weighted by molar-refractivity contribution is -0.136. The number of aryl methyl sites for hydroxylation is 1. The standard InChI is InChI=1S/C19H21N3O2/c1-3-16(13-15-7-5-4-6-8-15)21-22-19(24)18(23)20-17-11-9-14(2)10-12-17/h4-12H,3,13H2,1-2H3,(H,20,23)(H,22,24)/b21-16-. The van der Waals surface area contributed by atoms with Crippen molar-refractivity contribution in [1.82, 2.24) is 5.43 Å². The molecule has 2 rings (SSSR count). The largest absolute Gasteiger partial charge is 0.329 e. The minimum atomic E-state index is -0.783. The second kappa shape index (κ2) is 8.62. The molecule has 0 aliphatic rings. The molecule has 2 N–H and O–H groups in total. The molecule has 24 heavy (non-hydrogen) atoms. The van der Waals surface area contributed by atoms with Gasteiger partial charge in [0.2, 0.25) is 0 Å². The zero-order valence-corrected chi connectivity index (χ0v) is 13.9. The predicted molar refractivity (Wildman–Crippen MR) is 95.8 cm³/mol. The summed E-state index contributed by atoms with van der Waals surface area (Å²) in [6, 6.07) is 17.1.